The van der Waals surface area contributed by atoms with E-state index in [1.54, 1.807) is 0 Å². The van der Waals surface area contributed by atoms with Crippen LogP contribution in [0.5, 0.6) is 0 Å². The summed E-state index contributed by atoms with van der Waals surface area (Å²) in [6.45, 7) is 25.3. The van der Waals surface area contributed by atoms with Gasteiger partial charge < -0.3 is 14.1 Å². The number of carbonyl (C=O) groups is 2. The lowest BCUT2D eigenvalue weighted by Crippen LogP contribution is -2.83. The van der Waals surface area contributed by atoms with Gasteiger partial charge in [-0.25, -0.2) is 0 Å². The van der Waals surface area contributed by atoms with E-state index in [4.69, 9.17) is 4.43 Å². The van der Waals surface area contributed by atoms with E-state index in [0.717, 1.165) is 0 Å². The van der Waals surface area contributed by atoms with Gasteiger partial charge in [-0.3, -0.25) is 9.59 Å². The largest absolute Gasteiger partial charge is 0.481 e. The Bertz CT molecular complexity index is 606. The highest BCUT2D eigenvalue weighted by molar-refractivity contribution is 6.80. The van der Waals surface area contributed by atoms with Crippen LogP contribution in [0.4, 0.5) is 0 Å². The molecule has 0 bridgehead atoms. The molecule has 7 heteroatoms. The minimum absolute atomic E-state index is 0.0383. The Morgan fingerprint density at radius 1 is 1.19 bits per heavy atom. The van der Waals surface area contributed by atoms with Crippen LogP contribution in [-0.2, 0) is 14.0 Å². The summed E-state index contributed by atoms with van der Waals surface area (Å²) < 4.78 is 8.51. The van der Waals surface area contributed by atoms with Crippen molar-refractivity contribution in [3.63, 3.8) is 0 Å². The van der Waals surface area contributed by atoms with Crippen LogP contribution in [0.25, 0.3) is 0 Å². The minimum atomic E-state index is -2.20. The molecule has 0 aromatic rings. The summed E-state index contributed by atoms with van der Waals surface area (Å²) in [6.07, 6.45) is -0.0383. The first-order valence-corrected chi connectivity index (χ1v) is 15.7. The quantitative estimate of drug-likeness (QED) is 0.513. The third-order valence-electron chi connectivity index (χ3n) is 7.34. The summed E-state index contributed by atoms with van der Waals surface area (Å²) in [5.74, 6) is -0.798. The van der Waals surface area contributed by atoms with E-state index in [1.165, 1.54) is 0 Å². The van der Waals surface area contributed by atoms with Gasteiger partial charge in [-0.05, 0) is 37.4 Å². The lowest BCUT2D eigenvalue weighted by atomic mass is 9.54. The number of hydrogen-bond donors (Lipinski definition) is 1. The van der Waals surface area contributed by atoms with Crippen LogP contribution >= 0.6 is 0 Å². The molecule has 158 valence electrons. The van der Waals surface area contributed by atoms with Gasteiger partial charge in [0, 0.05) is 0 Å². The average molecular weight is 416 g/mol. The van der Waals surface area contributed by atoms with Crippen LogP contribution in [0.1, 0.15) is 61.8 Å². The molecular formula is C20H41NO4Si2. The lowest BCUT2D eigenvalue weighted by molar-refractivity contribution is -0.208. The Balaban J connectivity index is 3.60. The van der Waals surface area contributed by atoms with E-state index in [9.17, 15) is 14.7 Å². The molecule has 1 N–H and O–H groups in total. The Labute approximate surface area is 168 Å². The van der Waals surface area contributed by atoms with E-state index < -0.39 is 34.3 Å². The maximum atomic E-state index is 13.7. The molecule has 5 nitrogen and oxygen atoms in total. The Morgan fingerprint density at radius 3 is 1.93 bits per heavy atom. The molecule has 1 rings (SSSR count). The van der Waals surface area contributed by atoms with Crippen molar-refractivity contribution in [2.75, 3.05) is 0 Å². The van der Waals surface area contributed by atoms with Crippen molar-refractivity contribution in [1.29, 1.82) is 0 Å². The predicted molar refractivity (Wildman–Crippen MR) is 116 cm³/mol. The van der Waals surface area contributed by atoms with Gasteiger partial charge in [-0.15, -0.1) is 0 Å². The van der Waals surface area contributed by atoms with Crippen LogP contribution in [0, 0.1) is 10.8 Å². The first-order valence-electron chi connectivity index (χ1n) is 9.98. The molecular weight excluding hydrogens is 374 g/mol. The fourth-order valence-electron chi connectivity index (χ4n) is 4.26. The van der Waals surface area contributed by atoms with E-state index in [1.807, 2.05) is 18.4 Å². The van der Waals surface area contributed by atoms with Gasteiger partial charge in [0.2, 0.25) is 5.91 Å². The SMILES string of the molecule is C[SiH](C)OC(C)(C(C)(C)C)[C@@]1(C)C(=O)N([Si](C)(C)C(C)(C)C)C1CC(=O)O. The van der Waals surface area contributed by atoms with E-state index in [-0.39, 0.29) is 28.8 Å². The van der Waals surface area contributed by atoms with Crippen LogP contribution < -0.4 is 0 Å². The molecule has 1 heterocycles. The van der Waals surface area contributed by atoms with Gasteiger partial charge in [0.25, 0.3) is 0 Å². The molecule has 1 saturated heterocycles. The molecule has 0 aliphatic carbocycles. The number of carbonyl (C=O) groups excluding carboxylic acids is 1. The second-order valence-electron chi connectivity index (χ2n) is 11.3. The fourth-order valence-corrected chi connectivity index (χ4v) is 8.40. The molecule has 1 fully saturated rings. The minimum Gasteiger partial charge on any atom is -0.481 e. The van der Waals surface area contributed by atoms with E-state index >= 15 is 0 Å². The molecule has 0 saturated carbocycles. The number of carboxylic acids is 1. The second kappa shape index (κ2) is 6.99. The average Bonchev–Trinajstić information content (AvgIpc) is 2.41. The first kappa shape index (κ1) is 24.4. The summed E-state index contributed by atoms with van der Waals surface area (Å²) in [7, 11) is -3.67. The van der Waals surface area contributed by atoms with Crippen molar-refractivity contribution >= 4 is 29.2 Å². The summed E-state index contributed by atoms with van der Waals surface area (Å²) in [4.78, 5) is 25.5. The number of β-lactam (4-membered cyclic amide) rings is 1. The van der Waals surface area contributed by atoms with Crippen molar-refractivity contribution in [1.82, 2.24) is 4.57 Å². The zero-order valence-corrected chi connectivity index (χ0v) is 21.6. The maximum absolute atomic E-state index is 13.7. The summed E-state index contributed by atoms with van der Waals surface area (Å²) in [5.41, 5.74) is -1.88. The standard InChI is InChI=1S/C20H41NO4Si2/c1-17(2,3)20(8,25-26(9)10)19(7)14(13-15(22)23)21(16(19)24)27(11,12)18(4,5)6/h14,26H,13H2,1-12H3,(H,22,23)/t14?,19-,20?/m1/s1. The second-order valence-corrected chi connectivity index (χ2v) is 18.7. The molecule has 0 spiro atoms. The maximum Gasteiger partial charge on any atom is 0.305 e. The molecule has 1 aliphatic rings. The summed E-state index contributed by atoms with van der Waals surface area (Å²) >= 11 is 0. The third kappa shape index (κ3) is 3.67. The number of rotatable bonds is 6. The van der Waals surface area contributed by atoms with Gasteiger partial charge >= 0.3 is 5.97 Å². The van der Waals surface area contributed by atoms with Crippen molar-refractivity contribution in [3.05, 3.63) is 0 Å². The monoisotopic (exact) mass is 415 g/mol. The molecule has 27 heavy (non-hydrogen) atoms. The van der Waals surface area contributed by atoms with Crippen LogP contribution in [0.15, 0.2) is 0 Å². The van der Waals surface area contributed by atoms with Gasteiger partial charge in [0.15, 0.2) is 17.3 Å². The summed E-state index contributed by atoms with van der Waals surface area (Å²) in [6, 6.07) is -0.347. The highest BCUT2D eigenvalue weighted by atomic mass is 28.3. The van der Waals surface area contributed by atoms with E-state index in [0.29, 0.717) is 0 Å². The van der Waals surface area contributed by atoms with Crippen molar-refractivity contribution in [2.24, 2.45) is 10.8 Å². The predicted octanol–water partition coefficient (Wildman–Crippen LogP) is 4.49. The number of amides is 1. The van der Waals surface area contributed by atoms with Gasteiger partial charge in [-0.1, -0.05) is 54.6 Å². The highest BCUT2D eigenvalue weighted by Gasteiger charge is 2.72. The smallest absolute Gasteiger partial charge is 0.305 e. The van der Waals surface area contributed by atoms with Crippen molar-refractivity contribution in [3.8, 4) is 0 Å². The van der Waals surface area contributed by atoms with Crippen molar-refractivity contribution < 1.29 is 19.1 Å². The zero-order valence-electron chi connectivity index (χ0n) is 19.5. The number of hydrogen-bond acceptors (Lipinski definition) is 3. The third-order valence-corrected chi connectivity index (χ3v) is 13.7. The topological polar surface area (TPSA) is 66.8 Å². The molecule has 1 amide bonds. The number of aliphatic carboxylic acids is 1. The molecule has 0 aromatic heterocycles. The van der Waals surface area contributed by atoms with Crippen LogP contribution in [-0.4, -0.2) is 50.5 Å². The normalized spacial score (nSPS) is 26.8. The Morgan fingerprint density at radius 2 is 1.63 bits per heavy atom. The van der Waals surface area contributed by atoms with Gasteiger partial charge in [0.1, 0.15) is 0 Å². The van der Waals surface area contributed by atoms with E-state index in [2.05, 4.69) is 67.7 Å². The van der Waals surface area contributed by atoms with Crippen molar-refractivity contribution in [2.45, 2.75) is 105 Å². The highest BCUT2D eigenvalue weighted by Crippen LogP contribution is 2.60. The lowest BCUT2D eigenvalue weighted by Gasteiger charge is -2.69. The van der Waals surface area contributed by atoms with Crippen LogP contribution in [0.3, 0.4) is 0 Å². The molecule has 2 unspecified atom stereocenters. The molecule has 0 aromatic carbocycles. The zero-order chi connectivity index (χ0) is 21.8. The molecule has 3 atom stereocenters. The van der Waals surface area contributed by atoms with Crippen LogP contribution in [0.2, 0.25) is 31.2 Å². The number of carboxylic acid groups (broad SMARTS) is 1. The Kier molecular flexibility index (Phi) is 6.31. The summed E-state index contributed by atoms with van der Waals surface area (Å²) in [5, 5.41) is 9.60. The van der Waals surface area contributed by atoms with Gasteiger partial charge in [-0.2, -0.15) is 0 Å². The Hall–Kier alpha value is -0.666. The molecule has 1 aliphatic heterocycles. The fraction of sp³-hybridized carbons (Fsp3) is 0.900. The number of nitrogens with zero attached hydrogens (tertiary/aromatic N) is 1. The van der Waals surface area contributed by atoms with Gasteiger partial charge in [0.05, 0.1) is 23.5 Å². The first-order chi connectivity index (χ1) is 11.7. The molecule has 0 radical (unpaired) electrons.